The van der Waals surface area contributed by atoms with Crippen molar-refractivity contribution in [3.8, 4) is 0 Å². The zero-order valence-corrected chi connectivity index (χ0v) is 19.0. The summed E-state index contributed by atoms with van der Waals surface area (Å²) >= 11 is 1.56. The van der Waals surface area contributed by atoms with Gasteiger partial charge in [-0.2, -0.15) is 0 Å². The average molecular weight is 449 g/mol. The van der Waals surface area contributed by atoms with Crippen LogP contribution in [-0.4, -0.2) is 29.9 Å². The Morgan fingerprint density at radius 2 is 2.00 bits per heavy atom. The van der Waals surface area contributed by atoms with Gasteiger partial charge in [0.15, 0.2) is 0 Å². The topological polar surface area (TPSA) is 74.3 Å². The predicted molar refractivity (Wildman–Crippen MR) is 129 cm³/mol. The zero-order chi connectivity index (χ0) is 22.3. The first-order valence-corrected chi connectivity index (χ1v) is 11.8. The van der Waals surface area contributed by atoms with Crippen molar-refractivity contribution in [3.05, 3.63) is 76.2 Å². The van der Waals surface area contributed by atoms with E-state index >= 15 is 0 Å². The largest absolute Gasteiger partial charge is 0.371 e. The maximum absolute atomic E-state index is 13.2. The van der Waals surface area contributed by atoms with Crippen molar-refractivity contribution in [2.75, 3.05) is 23.3 Å². The van der Waals surface area contributed by atoms with Crippen molar-refractivity contribution in [1.82, 2.24) is 10.3 Å². The molecule has 0 spiro atoms. The van der Waals surface area contributed by atoms with Crippen molar-refractivity contribution in [2.24, 2.45) is 5.92 Å². The van der Waals surface area contributed by atoms with Crippen LogP contribution >= 0.6 is 11.3 Å². The molecular weight excluding hydrogens is 420 g/mol. The molecule has 6 nitrogen and oxygen atoms in total. The summed E-state index contributed by atoms with van der Waals surface area (Å²) in [6.07, 6.45) is 6.00. The van der Waals surface area contributed by atoms with E-state index in [0.29, 0.717) is 30.1 Å². The summed E-state index contributed by atoms with van der Waals surface area (Å²) in [5, 5.41) is 7.91. The first-order valence-electron chi connectivity index (χ1n) is 11.0. The number of thiophene rings is 1. The molecule has 1 aliphatic rings. The van der Waals surface area contributed by atoms with Crippen molar-refractivity contribution in [2.45, 2.75) is 32.7 Å². The van der Waals surface area contributed by atoms with Gasteiger partial charge in [0.25, 0.3) is 5.91 Å². The van der Waals surface area contributed by atoms with E-state index in [4.69, 9.17) is 0 Å². The van der Waals surface area contributed by atoms with E-state index in [0.717, 1.165) is 42.1 Å². The number of hydrogen-bond acceptors (Lipinski definition) is 5. The second-order valence-corrected chi connectivity index (χ2v) is 9.28. The minimum absolute atomic E-state index is 0.0892. The van der Waals surface area contributed by atoms with Gasteiger partial charge in [0.1, 0.15) is 0 Å². The number of aromatic nitrogens is 1. The fraction of sp³-hybridized carbons (Fsp3) is 0.320. The van der Waals surface area contributed by atoms with Crippen molar-refractivity contribution < 1.29 is 9.59 Å². The van der Waals surface area contributed by atoms with E-state index in [2.05, 4.69) is 27.4 Å². The van der Waals surface area contributed by atoms with E-state index < -0.39 is 0 Å². The Hall–Kier alpha value is -3.19. The fourth-order valence-corrected chi connectivity index (χ4v) is 4.58. The second-order valence-electron chi connectivity index (χ2n) is 8.25. The summed E-state index contributed by atoms with van der Waals surface area (Å²) in [4.78, 5) is 33.0. The minimum Gasteiger partial charge on any atom is -0.371 e. The molecular formula is C25H28N4O2S. The summed E-state index contributed by atoms with van der Waals surface area (Å²) in [6.45, 7) is 4.52. The Morgan fingerprint density at radius 1 is 1.16 bits per heavy atom. The van der Waals surface area contributed by atoms with Gasteiger partial charge in [-0.1, -0.05) is 19.1 Å². The van der Waals surface area contributed by atoms with E-state index in [1.807, 2.05) is 41.8 Å². The van der Waals surface area contributed by atoms with Crippen LogP contribution < -0.4 is 15.5 Å². The average Bonchev–Trinajstić information content (AvgIpc) is 3.31. The van der Waals surface area contributed by atoms with E-state index in [-0.39, 0.29) is 11.8 Å². The van der Waals surface area contributed by atoms with E-state index in [1.54, 1.807) is 29.8 Å². The number of nitrogens with one attached hydrogen (secondary N) is 2. The van der Waals surface area contributed by atoms with Crippen molar-refractivity contribution in [3.63, 3.8) is 0 Å². The number of carbonyl (C=O) groups is 2. The van der Waals surface area contributed by atoms with Gasteiger partial charge >= 0.3 is 0 Å². The van der Waals surface area contributed by atoms with Crippen molar-refractivity contribution in [1.29, 1.82) is 0 Å². The molecule has 1 aromatic carbocycles. The Bertz CT molecular complexity index is 1050. The smallest absolute Gasteiger partial charge is 0.253 e. The Labute approximate surface area is 192 Å². The summed E-state index contributed by atoms with van der Waals surface area (Å²) < 4.78 is 0. The van der Waals surface area contributed by atoms with Crippen LogP contribution in [0.3, 0.4) is 0 Å². The third kappa shape index (κ3) is 5.73. The summed E-state index contributed by atoms with van der Waals surface area (Å²) in [6, 6.07) is 13.3. The Balaban J connectivity index is 1.52. The molecule has 7 heteroatoms. The van der Waals surface area contributed by atoms with Crippen LogP contribution in [0.4, 0.5) is 11.4 Å². The molecule has 3 aromatic rings. The second kappa shape index (κ2) is 10.4. The lowest BCUT2D eigenvalue weighted by molar-refractivity contribution is -0.115. The molecule has 2 amide bonds. The van der Waals surface area contributed by atoms with E-state index in [9.17, 15) is 9.59 Å². The van der Waals surface area contributed by atoms with E-state index in [1.165, 1.54) is 0 Å². The van der Waals surface area contributed by atoms with Crippen LogP contribution in [0.2, 0.25) is 0 Å². The summed E-state index contributed by atoms with van der Waals surface area (Å²) in [5.74, 6) is 0.454. The monoisotopic (exact) mass is 448 g/mol. The molecule has 166 valence electrons. The highest BCUT2D eigenvalue weighted by Gasteiger charge is 2.22. The molecule has 1 saturated heterocycles. The molecule has 0 bridgehead atoms. The molecule has 1 fully saturated rings. The fourth-order valence-electron chi connectivity index (χ4n) is 3.88. The Morgan fingerprint density at radius 3 is 2.72 bits per heavy atom. The first kappa shape index (κ1) is 22.0. The first-order chi connectivity index (χ1) is 15.6. The molecule has 3 heterocycles. The molecule has 32 heavy (non-hydrogen) atoms. The number of pyridine rings is 1. The standard InChI is InChI=1S/C25H28N4O2S/c1-18-8-11-29(12-9-18)23-7-6-20(28-24(30)15-21-5-3-13-32-21)14-22(23)25(31)27-17-19-4-2-10-26-16-19/h2-7,10,13-14,16,18H,8-9,11-12,15,17H2,1H3,(H,27,31)(H,28,30). The summed E-state index contributed by atoms with van der Waals surface area (Å²) in [7, 11) is 0. The number of nitrogens with zero attached hydrogens (tertiary/aromatic N) is 2. The van der Waals surface area contributed by atoms with Crippen LogP contribution in [0.1, 0.15) is 40.6 Å². The Kier molecular flexibility index (Phi) is 7.17. The lowest BCUT2D eigenvalue weighted by atomic mass is 9.97. The highest BCUT2D eigenvalue weighted by Crippen LogP contribution is 2.29. The molecule has 0 unspecified atom stereocenters. The van der Waals surface area contributed by atoms with Gasteiger partial charge < -0.3 is 15.5 Å². The van der Waals surface area contributed by atoms with Crippen LogP contribution in [0, 0.1) is 5.92 Å². The van der Waals surface area contributed by atoms with Gasteiger partial charge in [0.2, 0.25) is 5.91 Å². The van der Waals surface area contributed by atoms with Crippen LogP contribution in [0.25, 0.3) is 0 Å². The molecule has 0 radical (unpaired) electrons. The SMILES string of the molecule is CC1CCN(c2ccc(NC(=O)Cc3cccs3)cc2C(=O)NCc2cccnc2)CC1. The number of amides is 2. The maximum atomic E-state index is 13.2. The quantitative estimate of drug-likeness (QED) is 0.558. The van der Waals surface area contributed by atoms with Gasteiger partial charge in [-0.25, -0.2) is 0 Å². The third-order valence-electron chi connectivity index (χ3n) is 5.74. The summed E-state index contributed by atoms with van der Waals surface area (Å²) in [5.41, 5.74) is 3.07. The predicted octanol–water partition coefficient (Wildman–Crippen LogP) is 4.49. The maximum Gasteiger partial charge on any atom is 0.253 e. The molecule has 2 aromatic heterocycles. The molecule has 0 atom stereocenters. The number of carbonyl (C=O) groups excluding carboxylic acids is 2. The normalized spacial score (nSPS) is 14.2. The molecule has 4 rings (SSSR count). The highest BCUT2D eigenvalue weighted by atomic mass is 32.1. The lowest BCUT2D eigenvalue weighted by Crippen LogP contribution is -2.35. The van der Waals surface area contributed by atoms with Crippen LogP contribution in [0.15, 0.2) is 60.2 Å². The lowest BCUT2D eigenvalue weighted by Gasteiger charge is -2.33. The number of rotatable bonds is 7. The van der Waals surface area contributed by atoms with Gasteiger partial charge in [0.05, 0.1) is 12.0 Å². The van der Waals surface area contributed by atoms with Gasteiger partial charge in [0, 0.05) is 48.3 Å². The molecule has 0 saturated carbocycles. The minimum atomic E-state index is -0.156. The van der Waals surface area contributed by atoms with Crippen molar-refractivity contribution >= 4 is 34.5 Å². The zero-order valence-electron chi connectivity index (χ0n) is 18.2. The van der Waals surface area contributed by atoms with Gasteiger partial charge in [-0.3, -0.25) is 14.6 Å². The van der Waals surface area contributed by atoms with Gasteiger partial charge in [-0.15, -0.1) is 11.3 Å². The number of benzene rings is 1. The number of hydrogen-bond donors (Lipinski definition) is 2. The molecule has 0 aliphatic carbocycles. The number of anilines is 2. The third-order valence-corrected chi connectivity index (χ3v) is 6.62. The molecule has 2 N–H and O–H groups in total. The van der Waals surface area contributed by atoms with Crippen LogP contribution in [-0.2, 0) is 17.8 Å². The number of piperidine rings is 1. The highest BCUT2D eigenvalue weighted by molar-refractivity contribution is 7.10. The van der Waals surface area contributed by atoms with Gasteiger partial charge in [-0.05, 0) is 60.0 Å². The molecule has 1 aliphatic heterocycles. The van der Waals surface area contributed by atoms with Crippen LogP contribution in [0.5, 0.6) is 0 Å².